The summed E-state index contributed by atoms with van der Waals surface area (Å²) in [6, 6.07) is 0. The first-order valence-electron chi connectivity index (χ1n) is 11.9. The molecule has 1 saturated heterocycles. The Balaban J connectivity index is 1.62. The molecule has 0 N–H and O–H groups in total. The van der Waals surface area contributed by atoms with Gasteiger partial charge >= 0.3 is 5.97 Å². The van der Waals surface area contributed by atoms with E-state index in [0.717, 1.165) is 0 Å². The predicted molar refractivity (Wildman–Crippen MR) is 116 cm³/mol. The van der Waals surface area contributed by atoms with Gasteiger partial charge < -0.3 is 9.47 Å². The van der Waals surface area contributed by atoms with Gasteiger partial charge in [0.25, 0.3) is 0 Å². The summed E-state index contributed by atoms with van der Waals surface area (Å²) in [7, 11) is 0. The number of epoxide rings is 1. The van der Waals surface area contributed by atoms with Crippen LogP contribution in [-0.4, -0.2) is 46.9 Å². The summed E-state index contributed by atoms with van der Waals surface area (Å²) in [5, 5.41) is 0. The largest absolute Gasteiger partial charge is 0.450 e. The smallest absolute Gasteiger partial charge is 0.306 e. The van der Waals surface area contributed by atoms with Crippen molar-refractivity contribution in [3.8, 4) is 0 Å². The molecule has 9 atom stereocenters. The zero-order chi connectivity index (χ0) is 23.3. The van der Waals surface area contributed by atoms with Gasteiger partial charge in [0.15, 0.2) is 17.2 Å². The number of ketones is 2. The van der Waals surface area contributed by atoms with Crippen molar-refractivity contribution in [2.45, 2.75) is 89.7 Å². The van der Waals surface area contributed by atoms with Gasteiger partial charge in [0.2, 0.25) is 0 Å². The Morgan fingerprint density at radius 3 is 2.66 bits per heavy atom. The maximum atomic E-state index is 15.6. The van der Waals surface area contributed by atoms with Gasteiger partial charge in [-0.2, -0.15) is 0 Å². The minimum absolute atomic E-state index is 0.0134. The lowest BCUT2D eigenvalue weighted by Gasteiger charge is -2.57. The van der Waals surface area contributed by atoms with Crippen LogP contribution in [0.5, 0.6) is 0 Å². The molecular weight excluding hydrogens is 435 g/mol. The number of carbonyl (C=O) groups excluding carboxylic acids is 3. The number of fused-ring (bicyclic) bond motifs is 3. The Morgan fingerprint density at radius 2 is 2.00 bits per heavy atom. The highest BCUT2D eigenvalue weighted by atomic mass is 35.5. The molecule has 0 bridgehead atoms. The third-order valence-corrected chi connectivity index (χ3v) is 10.2. The van der Waals surface area contributed by atoms with Crippen molar-refractivity contribution in [2.75, 3.05) is 5.88 Å². The van der Waals surface area contributed by atoms with E-state index < -0.39 is 34.2 Å². The highest BCUT2D eigenvalue weighted by Crippen LogP contribution is 2.77. The molecule has 5 rings (SSSR count). The molecule has 4 aliphatic carbocycles. The monoisotopic (exact) mass is 466 g/mol. The van der Waals surface area contributed by atoms with Crippen LogP contribution >= 0.6 is 11.6 Å². The van der Waals surface area contributed by atoms with Crippen LogP contribution in [-0.2, 0) is 23.9 Å². The molecule has 0 radical (unpaired) electrons. The summed E-state index contributed by atoms with van der Waals surface area (Å²) in [5.74, 6) is -1.30. The summed E-state index contributed by atoms with van der Waals surface area (Å²) in [4.78, 5) is 38.0. The first kappa shape index (κ1) is 22.5. The van der Waals surface area contributed by atoms with E-state index in [1.165, 1.54) is 6.08 Å². The van der Waals surface area contributed by atoms with Crippen molar-refractivity contribution in [1.82, 2.24) is 0 Å². The standard InChI is InChI=1S/C25H32ClFO5/c1-5-21(30)32-24(19(29)12-26)13(2)8-15-16-10-18(27)17-9-14(28)6-7-22(17,3)25(16)20(31-25)11-23(15,24)4/h9,13,15-16,18,20H,5-8,10-12H2,1-4H3/t13-,15-,16-,18-,20-,22-,23-,24-,25+/m0/s1. The quantitative estimate of drug-likeness (QED) is 0.350. The first-order chi connectivity index (χ1) is 15.0. The van der Waals surface area contributed by atoms with Crippen LogP contribution in [0.3, 0.4) is 0 Å². The van der Waals surface area contributed by atoms with Gasteiger partial charge in [-0.15, -0.1) is 11.6 Å². The fraction of sp³-hybridized carbons (Fsp3) is 0.800. The SMILES string of the molecule is CCC(=O)O[C@]1(C(=O)CCl)[C@@H](C)C[C@H]2[C@@H]3C[C@H](F)C4=CC(=O)CC[C@]4(C)[C@@]34O[C@H]4C[C@@]21C. The number of ether oxygens (including phenoxy) is 2. The van der Waals surface area contributed by atoms with Crippen LogP contribution in [0, 0.1) is 28.6 Å². The normalized spacial score (nSPS) is 51.0. The second-order valence-electron chi connectivity index (χ2n) is 11.1. The van der Waals surface area contributed by atoms with Crippen molar-refractivity contribution in [3.05, 3.63) is 11.6 Å². The number of alkyl halides is 2. The molecule has 7 heteroatoms. The lowest BCUT2D eigenvalue weighted by molar-refractivity contribution is -0.191. The topological polar surface area (TPSA) is 73.0 Å². The van der Waals surface area contributed by atoms with Crippen LogP contribution in [0.2, 0.25) is 0 Å². The summed E-state index contributed by atoms with van der Waals surface area (Å²) < 4.78 is 28.1. The number of halogens is 2. The fourth-order valence-corrected chi connectivity index (χ4v) is 8.74. The summed E-state index contributed by atoms with van der Waals surface area (Å²) in [6.07, 6.45) is 2.79. The van der Waals surface area contributed by atoms with E-state index in [4.69, 9.17) is 21.1 Å². The molecule has 5 aliphatic rings. The van der Waals surface area contributed by atoms with Crippen LogP contribution < -0.4 is 0 Å². The van der Waals surface area contributed by atoms with Crippen LogP contribution in [0.25, 0.3) is 0 Å². The molecule has 0 amide bonds. The maximum Gasteiger partial charge on any atom is 0.306 e. The molecule has 0 aromatic rings. The maximum absolute atomic E-state index is 15.6. The predicted octanol–water partition coefficient (Wildman–Crippen LogP) is 4.34. The zero-order valence-electron chi connectivity index (χ0n) is 19.2. The van der Waals surface area contributed by atoms with Gasteiger partial charge in [0.05, 0.1) is 12.0 Å². The van der Waals surface area contributed by atoms with Gasteiger partial charge in [-0.25, -0.2) is 4.39 Å². The van der Waals surface area contributed by atoms with E-state index >= 15 is 4.39 Å². The van der Waals surface area contributed by atoms with Crippen molar-refractivity contribution in [3.63, 3.8) is 0 Å². The van der Waals surface area contributed by atoms with Gasteiger partial charge in [-0.05, 0) is 49.2 Å². The summed E-state index contributed by atoms with van der Waals surface area (Å²) in [5.41, 5.74) is -2.46. The van der Waals surface area contributed by atoms with Crippen molar-refractivity contribution >= 4 is 29.1 Å². The fourth-order valence-electron chi connectivity index (χ4n) is 8.54. The number of esters is 1. The summed E-state index contributed by atoms with van der Waals surface area (Å²) >= 11 is 6.07. The van der Waals surface area contributed by atoms with Crippen molar-refractivity contribution in [2.24, 2.45) is 28.6 Å². The molecule has 3 saturated carbocycles. The average molecular weight is 467 g/mol. The second-order valence-corrected chi connectivity index (χ2v) is 11.4. The second kappa shape index (κ2) is 6.88. The molecular formula is C25H32ClFO5. The number of rotatable bonds is 4. The van der Waals surface area contributed by atoms with Crippen molar-refractivity contribution in [1.29, 1.82) is 0 Å². The lowest BCUT2D eigenvalue weighted by atomic mass is 9.45. The number of hydrogen-bond acceptors (Lipinski definition) is 5. The van der Waals surface area contributed by atoms with Gasteiger partial charge in [0.1, 0.15) is 11.8 Å². The van der Waals surface area contributed by atoms with Gasteiger partial charge in [0, 0.05) is 29.6 Å². The Hall–Kier alpha value is -1.27. The molecule has 176 valence electrons. The Kier molecular flexibility index (Phi) is 4.84. The molecule has 1 spiro atoms. The van der Waals surface area contributed by atoms with E-state index in [-0.39, 0.29) is 54.1 Å². The minimum atomic E-state index is -1.32. The number of Topliss-reactive ketones (excluding diaryl/α,β-unsaturated/α-hetero) is 1. The van der Waals surface area contributed by atoms with Crippen LogP contribution in [0.15, 0.2) is 11.6 Å². The molecule has 1 aliphatic heterocycles. The molecule has 0 unspecified atom stereocenters. The number of carbonyl (C=O) groups is 3. The average Bonchev–Trinajstić information content (AvgIpc) is 3.43. The molecule has 1 heterocycles. The molecule has 0 aromatic carbocycles. The Morgan fingerprint density at radius 1 is 1.28 bits per heavy atom. The van der Waals surface area contributed by atoms with E-state index in [1.807, 2.05) is 13.8 Å². The minimum Gasteiger partial charge on any atom is -0.450 e. The van der Waals surface area contributed by atoms with Crippen LogP contribution in [0.1, 0.15) is 66.2 Å². The highest BCUT2D eigenvalue weighted by Gasteiger charge is 2.83. The molecule has 4 fully saturated rings. The Labute approximate surface area is 193 Å². The van der Waals surface area contributed by atoms with Crippen molar-refractivity contribution < 1.29 is 28.2 Å². The van der Waals surface area contributed by atoms with Gasteiger partial charge in [-0.3, -0.25) is 14.4 Å². The third kappa shape index (κ3) is 2.41. The Bertz CT molecular complexity index is 933. The lowest BCUT2D eigenvalue weighted by Crippen LogP contribution is -2.64. The first-order valence-corrected chi connectivity index (χ1v) is 12.4. The van der Waals surface area contributed by atoms with E-state index in [9.17, 15) is 14.4 Å². The molecule has 32 heavy (non-hydrogen) atoms. The highest BCUT2D eigenvalue weighted by molar-refractivity contribution is 6.29. The number of hydrogen-bond donors (Lipinski definition) is 0. The van der Waals surface area contributed by atoms with E-state index in [2.05, 4.69) is 6.92 Å². The molecule has 5 nitrogen and oxygen atoms in total. The third-order valence-electron chi connectivity index (χ3n) is 9.96. The van der Waals surface area contributed by atoms with Gasteiger partial charge in [-0.1, -0.05) is 27.7 Å². The van der Waals surface area contributed by atoms with E-state index in [1.54, 1.807) is 6.92 Å². The molecule has 0 aromatic heterocycles. The van der Waals surface area contributed by atoms with E-state index in [0.29, 0.717) is 31.3 Å². The zero-order valence-corrected chi connectivity index (χ0v) is 20.0. The summed E-state index contributed by atoms with van der Waals surface area (Å²) in [6.45, 7) is 7.74. The van der Waals surface area contributed by atoms with Crippen LogP contribution in [0.4, 0.5) is 4.39 Å².